The van der Waals surface area contributed by atoms with Crippen molar-refractivity contribution in [1.29, 1.82) is 0 Å². The van der Waals surface area contributed by atoms with E-state index in [0.717, 1.165) is 5.82 Å². The Labute approximate surface area is 84.9 Å². The van der Waals surface area contributed by atoms with Gasteiger partial charge in [-0.05, 0) is 16.2 Å². The molecule has 0 aromatic rings. The van der Waals surface area contributed by atoms with Gasteiger partial charge in [-0.15, -0.1) is 0 Å². The second kappa shape index (κ2) is 4.15. The van der Waals surface area contributed by atoms with Crippen molar-refractivity contribution in [2.75, 3.05) is 0 Å². The Bertz CT molecular complexity index is 123. The Hall–Kier alpha value is 0.795. The van der Waals surface area contributed by atoms with Gasteiger partial charge in [0.1, 0.15) is 7.28 Å². The van der Waals surface area contributed by atoms with E-state index in [2.05, 4.69) is 43.7 Å². The first-order valence-electron chi connectivity index (χ1n) is 4.71. The number of alkyl halides is 1. The van der Waals surface area contributed by atoms with Gasteiger partial charge in [0, 0.05) is 0 Å². The molecule has 1 radical (unpaired) electrons. The van der Waals surface area contributed by atoms with E-state index in [1.807, 2.05) is 0 Å². The van der Waals surface area contributed by atoms with Crippen LogP contribution >= 0.6 is 22.6 Å². The minimum atomic E-state index is 0.546. The van der Waals surface area contributed by atoms with E-state index >= 15 is 0 Å². The van der Waals surface area contributed by atoms with E-state index < -0.39 is 0 Å². The molecule has 0 nitrogen and oxygen atoms in total. The topological polar surface area (TPSA) is 0 Å². The number of halogens is 1. The third kappa shape index (κ3) is 2.96. The first-order valence-corrected chi connectivity index (χ1v) is 5.79. The SMILES string of the molecule is CCCC1(I)[B]C(C)CCC1. The van der Waals surface area contributed by atoms with Gasteiger partial charge in [-0.25, -0.2) is 0 Å². The van der Waals surface area contributed by atoms with Crippen LogP contribution < -0.4 is 0 Å². The van der Waals surface area contributed by atoms with E-state index in [1.165, 1.54) is 32.1 Å². The standard InChI is InChI=1S/C9H17BI/c1-3-6-9(11)7-4-5-8(2)10-9/h8H,3-7H2,1-2H3. The Morgan fingerprint density at radius 3 is 2.91 bits per heavy atom. The summed E-state index contributed by atoms with van der Waals surface area (Å²) in [5, 5.41) is 0. The van der Waals surface area contributed by atoms with Crippen molar-refractivity contribution in [3.05, 3.63) is 0 Å². The predicted molar refractivity (Wildman–Crippen MR) is 60.7 cm³/mol. The molecule has 1 heterocycles. The molecule has 0 saturated carbocycles. The molecule has 2 unspecified atom stereocenters. The van der Waals surface area contributed by atoms with Crippen LogP contribution in [0.5, 0.6) is 0 Å². The van der Waals surface area contributed by atoms with Crippen molar-refractivity contribution in [2.24, 2.45) is 0 Å². The van der Waals surface area contributed by atoms with Crippen molar-refractivity contribution < 1.29 is 0 Å². The van der Waals surface area contributed by atoms with Crippen LogP contribution in [0.15, 0.2) is 0 Å². The fraction of sp³-hybridized carbons (Fsp3) is 1.00. The minimum Gasteiger partial charge on any atom is -0.0887 e. The second-order valence-electron chi connectivity index (χ2n) is 3.82. The van der Waals surface area contributed by atoms with Crippen molar-refractivity contribution >= 4 is 29.9 Å². The fourth-order valence-electron chi connectivity index (χ4n) is 2.02. The van der Waals surface area contributed by atoms with E-state index in [1.54, 1.807) is 0 Å². The quantitative estimate of drug-likeness (QED) is 0.405. The lowest BCUT2D eigenvalue weighted by Gasteiger charge is -2.34. The molecule has 2 atom stereocenters. The largest absolute Gasteiger partial charge is 0.134 e. The fourth-order valence-corrected chi connectivity index (χ4v) is 3.55. The summed E-state index contributed by atoms with van der Waals surface area (Å²) in [7, 11) is 2.57. The van der Waals surface area contributed by atoms with Gasteiger partial charge in [-0.2, -0.15) is 0 Å². The Balaban J connectivity index is 2.41. The Morgan fingerprint density at radius 1 is 1.64 bits per heavy atom. The molecule has 1 aliphatic heterocycles. The van der Waals surface area contributed by atoms with Crippen molar-refractivity contribution in [3.63, 3.8) is 0 Å². The van der Waals surface area contributed by atoms with Crippen molar-refractivity contribution in [2.45, 2.75) is 55.1 Å². The average molecular weight is 263 g/mol. The lowest BCUT2D eigenvalue weighted by molar-refractivity contribution is 0.547. The molecule has 0 aliphatic carbocycles. The normalized spacial score (nSPS) is 38.3. The Morgan fingerprint density at radius 2 is 2.36 bits per heavy atom. The number of hydrogen-bond donors (Lipinski definition) is 0. The summed E-state index contributed by atoms with van der Waals surface area (Å²) in [5.74, 6) is 0.854. The lowest BCUT2D eigenvalue weighted by atomic mass is 9.48. The molecule has 63 valence electrons. The van der Waals surface area contributed by atoms with Gasteiger partial charge < -0.3 is 0 Å². The van der Waals surface area contributed by atoms with Crippen molar-refractivity contribution in [3.8, 4) is 0 Å². The summed E-state index contributed by atoms with van der Waals surface area (Å²) >= 11 is 2.65. The molecule has 0 spiro atoms. The molecule has 1 rings (SSSR count). The van der Waals surface area contributed by atoms with Gasteiger partial charge in [0.2, 0.25) is 0 Å². The molecule has 1 saturated heterocycles. The van der Waals surface area contributed by atoms with E-state index in [0.29, 0.717) is 3.32 Å². The van der Waals surface area contributed by atoms with Crippen LogP contribution in [0.4, 0.5) is 0 Å². The molecule has 0 aromatic heterocycles. The van der Waals surface area contributed by atoms with Crippen molar-refractivity contribution in [1.82, 2.24) is 0 Å². The maximum atomic E-state index is 2.65. The average Bonchev–Trinajstić information content (AvgIpc) is 1.86. The van der Waals surface area contributed by atoms with Crippen LogP contribution in [0.25, 0.3) is 0 Å². The third-order valence-corrected chi connectivity index (χ3v) is 3.94. The van der Waals surface area contributed by atoms with Gasteiger partial charge in [-0.1, -0.05) is 61.5 Å². The highest BCUT2D eigenvalue weighted by Crippen LogP contribution is 2.38. The molecule has 0 bridgehead atoms. The highest BCUT2D eigenvalue weighted by atomic mass is 127. The first-order chi connectivity index (χ1) is 5.16. The Kier molecular flexibility index (Phi) is 3.73. The van der Waals surface area contributed by atoms with Gasteiger partial charge in [0.25, 0.3) is 0 Å². The third-order valence-electron chi connectivity index (χ3n) is 2.50. The highest BCUT2D eigenvalue weighted by Gasteiger charge is 2.31. The monoisotopic (exact) mass is 263 g/mol. The molecule has 2 heteroatoms. The zero-order valence-electron chi connectivity index (χ0n) is 7.57. The molecule has 0 N–H and O–H groups in total. The lowest BCUT2D eigenvalue weighted by Crippen LogP contribution is -2.34. The van der Waals surface area contributed by atoms with Gasteiger partial charge in [0.05, 0.1) is 0 Å². The summed E-state index contributed by atoms with van der Waals surface area (Å²) in [6, 6.07) is 0. The molecule has 0 amide bonds. The zero-order chi connectivity index (χ0) is 8.32. The number of hydrogen-bond acceptors (Lipinski definition) is 0. The van der Waals surface area contributed by atoms with E-state index in [-0.39, 0.29) is 0 Å². The highest BCUT2D eigenvalue weighted by molar-refractivity contribution is 14.1. The van der Waals surface area contributed by atoms with Gasteiger partial charge in [0.15, 0.2) is 0 Å². The molecule has 1 fully saturated rings. The molecule has 0 aromatic carbocycles. The van der Waals surface area contributed by atoms with Crippen LogP contribution in [-0.4, -0.2) is 10.6 Å². The summed E-state index contributed by atoms with van der Waals surface area (Å²) in [6.07, 6.45) is 6.95. The van der Waals surface area contributed by atoms with Crippen LogP contribution in [-0.2, 0) is 0 Å². The van der Waals surface area contributed by atoms with E-state index in [4.69, 9.17) is 0 Å². The molecule has 1 aliphatic rings. The maximum Gasteiger partial charge on any atom is 0.134 e. The van der Waals surface area contributed by atoms with Crippen LogP contribution in [0, 0.1) is 0 Å². The summed E-state index contributed by atoms with van der Waals surface area (Å²) in [5.41, 5.74) is 0. The second-order valence-corrected chi connectivity index (χ2v) is 5.97. The molecular weight excluding hydrogens is 246 g/mol. The maximum absolute atomic E-state index is 2.65. The van der Waals surface area contributed by atoms with Gasteiger partial charge in [-0.3, -0.25) is 0 Å². The number of rotatable bonds is 2. The van der Waals surface area contributed by atoms with E-state index in [9.17, 15) is 0 Å². The summed E-state index contributed by atoms with van der Waals surface area (Å²) in [6.45, 7) is 4.63. The van der Waals surface area contributed by atoms with Crippen LogP contribution in [0.3, 0.4) is 0 Å². The molecular formula is C9H17BI. The van der Waals surface area contributed by atoms with Crippen LogP contribution in [0.2, 0.25) is 5.82 Å². The smallest absolute Gasteiger partial charge is 0.0887 e. The predicted octanol–water partition coefficient (Wildman–Crippen LogP) is 3.61. The summed E-state index contributed by atoms with van der Waals surface area (Å²) < 4.78 is 0.546. The summed E-state index contributed by atoms with van der Waals surface area (Å²) in [4.78, 5) is 0. The van der Waals surface area contributed by atoms with Crippen LogP contribution in [0.1, 0.15) is 46.0 Å². The minimum absolute atomic E-state index is 0.546. The zero-order valence-corrected chi connectivity index (χ0v) is 9.73. The van der Waals surface area contributed by atoms with Gasteiger partial charge >= 0.3 is 0 Å². The molecule has 11 heavy (non-hydrogen) atoms. The first kappa shape index (κ1) is 9.88.